The largest absolute Gasteiger partial charge is 0.493 e. The van der Waals surface area contributed by atoms with Crippen LogP contribution in [0.5, 0.6) is 11.5 Å². The zero-order valence-corrected chi connectivity index (χ0v) is 17.7. The van der Waals surface area contributed by atoms with Crippen LogP contribution in [-0.2, 0) is 0 Å². The molecule has 4 nitrogen and oxygen atoms in total. The second kappa shape index (κ2) is 9.42. The average molecular weight is 469 g/mol. The van der Waals surface area contributed by atoms with E-state index in [4.69, 9.17) is 21.1 Å². The van der Waals surface area contributed by atoms with Crippen molar-refractivity contribution in [1.82, 2.24) is 0 Å². The third-order valence-corrected chi connectivity index (χ3v) is 4.84. The van der Waals surface area contributed by atoms with E-state index in [1.165, 1.54) is 7.11 Å². The Morgan fingerprint density at radius 2 is 1.66 bits per heavy atom. The fraction of sp³-hybridized carbons (Fsp3) is 0.0435. The summed E-state index contributed by atoms with van der Waals surface area (Å²) in [5.74, 6) is 0.193. The third-order valence-electron chi connectivity index (χ3n) is 4.06. The summed E-state index contributed by atoms with van der Waals surface area (Å²) >= 11 is 9.24. The van der Waals surface area contributed by atoms with Crippen molar-refractivity contribution in [3.63, 3.8) is 0 Å². The number of allylic oxidation sites excluding steroid dienone is 1. The van der Waals surface area contributed by atoms with Gasteiger partial charge in [0.05, 0.1) is 24.3 Å². The summed E-state index contributed by atoms with van der Waals surface area (Å²) in [7, 11) is 1.49. The van der Waals surface area contributed by atoms with Crippen molar-refractivity contribution in [3.05, 3.63) is 92.9 Å². The number of esters is 1. The number of carbonyl (C=O) groups excluding carboxylic acids is 1. The number of rotatable bonds is 5. The van der Waals surface area contributed by atoms with Gasteiger partial charge < -0.3 is 9.47 Å². The maximum atomic E-state index is 12.4. The molecule has 0 aliphatic heterocycles. The van der Waals surface area contributed by atoms with Crippen molar-refractivity contribution in [2.75, 3.05) is 7.11 Å². The lowest BCUT2D eigenvalue weighted by Crippen LogP contribution is -2.09. The van der Waals surface area contributed by atoms with Crippen LogP contribution in [0.1, 0.15) is 21.5 Å². The Labute approximate surface area is 182 Å². The molecule has 144 valence electrons. The van der Waals surface area contributed by atoms with E-state index in [1.54, 1.807) is 72.8 Å². The second-order valence-corrected chi connectivity index (χ2v) is 7.34. The van der Waals surface area contributed by atoms with Crippen LogP contribution in [-0.4, -0.2) is 13.1 Å². The van der Waals surface area contributed by atoms with Gasteiger partial charge in [-0.25, -0.2) is 4.79 Å². The Balaban J connectivity index is 1.86. The highest BCUT2D eigenvalue weighted by Gasteiger charge is 2.13. The van der Waals surface area contributed by atoms with Crippen LogP contribution in [0.2, 0.25) is 5.02 Å². The summed E-state index contributed by atoms with van der Waals surface area (Å²) in [6.07, 6.45) is 1.73. The van der Waals surface area contributed by atoms with Crippen LogP contribution in [0.3, 0.4) is 0 Å². The molecule has 0 atom stereocenters. The SMILES string of the molecule is COc1cc(C=C(C#N)c2ccc(Cl)cc2)ccc1OC(=O)c1ccc(Br)cc1. The highest BCUT2D eigenvalue weighted by Crippen LogP contribution is 2.31. The van der Waals surface area contributed by atoms with Crippen molar-refractivity contribution in [2.24, 2.45) is 0 Å². The van der Waals surface area contributed by atoms with E-state index in [-0.39, 0.29) is 0 Å². The summed E-state index contributed by atoms with van der Waals surface area (Å²) in [4.78, 5) is 12.4. The van der Waals surface area contributed by atoms with Gasteiger partial charge in [0, 0.05) is 9.50 Å². The molecule has 0 saturated carbocycles. The second-order valence-electron chi connectivity index (χ2n) is 5.98. The molecule has 0 amide bonds. The Morgan fingerprint density at radius 1 is 1.00 bits per heavy atom. The molecule has 0 spiro atoms. The van der Waals surface area contributed by atoms with Gasteiger partial charge in [-0.15, -0.1) is 0 Å². The topological polar surface area (TPSA) is 59.3 Å². The van der Waals surface area contributed by atoms with E-state index in [0.717, 1.165) is 15.6 Å². The number of halogens is 2. The Bertz CT molecular complexity index is 1100. The van der Waals surface area contributed by atoms with Crippen molar-refractivity contribution in [3.8, 4) is 17.6 Å². The fourth-order valence-electron chi connectivity index (χ4n) is 2.58. The molecule has 0 N–H and O–H groups in total. The smallest absolute Gasteiger partial charge is 0.343 e. The van der Waals surface area contributed by atoms with Crippen molar-refractivity contribution in [1.29, 1.82) is 5.26 Å². The van der Waals surface area contributed by atoms with Gasteiger partial charge in [-0.1, -0.05) is 45.7 Å². The molecule has 3 aromatic carbocycles. The zero-order chi connectivity index (χ0) is 20.8. The first-order chi connectivity index (χ1) is 14.0. The van der Waals surface area contributed by atoms with E-state index in [9.17, 15) is 10.1 Å². The number of nitrogens with zero attached hydrogens (tertiary/aromatic N) is 1. The van der Waals surface area contributed by atoms with Crippen LogP contribution >= 0.6 is 27.5 Å². The lowest BCUT2D eigenvalue weighted by atomic mass is 10.0. The van der Waals surface area contributed by atoms with Gasteiger partial charge in [0.2, 0.25) is 0 Å². The number of hydrogen-bond acceptors (Lipinski definition) is 4. The highest BCUT2D eigenvalue weighted by molar-refractivity contribution is 9.10. The van der Waals surface area contributed by atoms with Crippen LogP contribution < -0.4 is 9.47 Å². The lowest BCUT2D eigenvalue weighted by molar-refractivity contribution is 0.0729. The van der Waals surface area contributed by atoms with Crippen LogP contribution in [0, 0.1) is 11.3 Å². The molecule has 0 aromatic heterocycles. The lowest BCUT2D eigenvalue weighted by Gasteiger charge is -2.10. The van der Waals surface area contributed by atoms with Crippen molar-refractivity contribution >= 4 is 45.1 Å². The molecule has 6 heteroatoms. The van der Waals surface area contributed by atoms with Gasteiger partial charge in [-0.05, 0) is 65.7 Å². The molecule has 0 aliphatic rings. The van der Waals surface area contributed by atoms with Crippen LogP contribution in [0.4, 0.5) is 0 Å². The van der Waals surface area contributed by atoms with Crippen molar-refractivity contribution in [2.45, 2.75) is 0 Å². The molecule has 3 rings (SSSR count). The quantitative estimate of drug-likeness (QED) is 0.188. The van der Waals surface area contributed by atoms with Gasteiger partial charge in [-0.3, -0.25) is 0 Å². The molecule has 0 heterocycles. The van der Waals surface area contributed by atoms with Gasteiger partial charge in [0.1, 0.15) is 0 Å². The van der Waals surface area contributed by atoms with Gasteiger partial charge in [0.25, 0.3) is 0 Å². The highest BCUT2D eigenvalue weighted by atomic mass is 79.9. The number of benzene rings is 3. The molecular formula is C23H15BrClNO3. The minimum absolute atomic E-state index is 0.294. The van der Waals surface area contributed by atoms with Gasteiger partial charge in [0.15, 0.2) is 11.5 Å². The van der Waals surface area contributed by atoms with E-state index < -0.39 is 5.97 Å². The molecule has 0 unspecified atom stereocenters. The van der Waals surface area contributed by atoms with E-state index in [1.807, 2.05) is 0 Å². The number of ether oxygens (including phenoxy) is 2. The Hall–Kier alpha value is -3.07. The standard InChI is InChI=1S/C23H15BrClNO3/c1-28-22-13-15(12-18(14-26)16-5-9-20(25)10-6-16)2-11-21(22)29-23(27)17-3-7-19(24)8-4-17/h2-13H,1H3. The molecular weight excluding hydrogens is 454 g/mol. The number of methoxy groups -OCH3 is 1. The molecule has 29 heavy (non-hydrogen) atoms. The van der Waals surface area contributed by atoms with Crippen LogP contribution in [0.15, 0.2) is 71.2 Å². The number of nitriles is 1. The third kappa shape index (κ3) is 5.26. The monoisotopic (exact) mass is 467 g/mol. The first-order valence-electron chi connectivity index (χ1n) is 8.53. The van der Waals surface area contributed by atoms with E-state index in [2.05, 4.69) is 22.0 Å². The maximum absolute atomic E-state index is 12.4. The molecule has 0 bridgehead atoms. The summed E-state index contributed by atoms with van der Waals surface area (Å²) in [6, 6.07) is 21.2. The minimum Gasteiger partial charge on any atom is -0.493 e. The number of hydrogen-bond donors (Lipinski definition) is 0. The van der Waals surface area contributed by atoms with E-state index >= 15 is 0 Å². The van der Waals surface area contributed by atoms with Crippen LogP contribution in [0.25, 0.3) is 11.6 Å². The summed E-state index contributed by atoms with van der Waals surface area (Å²) < 4.78 is 11.7. The predicted molar refractivity (Wildman–Crippen MR) is 117 cm³/mol. The number of carbonyl (C=O) groups is 1. The summed E-state index contributed by atoms with van der Waals surface area (Å²) in [5, 5.41) is 10.1. The Morgan fingerprint density at radius 3 is 2.28 bits per heavy atom. The molecule has 0 saturated heterocycles. The summed E-state index contributed by atoms with van der Waals surface area (Å²) in [6.45, 7) is 0. The van der Waals surface area contributed by atoms with E-state index in [0.29, 0.717) is 27.7 Å². The molecule has 0 radical (unpaired) electrons. The predicted octanol–water partition coefficient (Wildman–Crippen LogP) is 6.39. The Kier molecular flexibility index (Phi) is 6.71. The fourth-order valence-corrected chi connectivity index (χ4v) is 2.97. The first-order valence-corrected chi connectivity index (χ1v) is 9.71. The normalized spacial score (nSPS) is 10.9. The summed E-state index contributed by atoms with van der Waals surface area (Å²) in [5.41, 5.74) is 2.38. The minimum atomic E-state index is -0.488. The molecule has 3 aromatic rings. The van der Waals surface area contributed by atoms with Crippen molar-refractivity contribution < 1.29 is 14.3 Å². The maximum Gasteiger partial charge on any atom is 0.343 e. The first kappa shape index (κ1) is 20.7. The zero-order valence-electron chi connectivity index (χ0n) is 15.4. The molecule has 0 aliphatic carbocycles. The molecule has 0 fully saturated rings. The average Bonchev–Trinajstić information content (AvgIpc) is 2.74. The van der Waals surface area contributed by atoms with Gasteiger partial charge >= 0.3 is 5.97 Å². The van der Waals surface area contributed by atoms with Gasteiger partial charge in [-0.2, -0.15) is 5.26 Å².